The molecule has 0 aliphatic carbocycles. The van der Waals surface area contributed by atoms with Crippen molar-refractivity contribution in [3.63, 3.8) is 0 Å². The van der Waals surface area contributed by atoms with E-state index in [9.17, 15) is 19.5 Å². The Kier molecular flexibility index (Phi) is 18.6. The minimum absolute atomic E-state index is 0. The van der Waals surface area contributed by atoms with Crippen LogP contribution in [-0.4, -0.2) is 58.8 Å². The number of alkyl carbamates (subject to hydrolysis) is 1. The van der Waals surface area contributed by atoms with Crippen LogP contribution in [0.4, 0.5) is 4.79 Å². The second kappa shape index (κ2) is 17.7. The van der Waals surface area contributed by atoms with Crippen LogP contribution in [0, 0.1) is 0 Å². The lowest BCUT2D eigenvalue weighted by Gasteiger charge is -2.22. The highest BCUT2D eigenvalue weighted by atomic mass is 35.5. The number of amides is 1. The highest BCUT2D eigenvalue weighted by Crippen LogP contribution is 2.08. The molecule has 1 amide bonds. The average molecular weight is 499 g/mol. The largest absolute Gasteiger partial charge is 0.444 e. The number of nitrogens with two attached hydrogens (primary N) is 1. The fraction of sp³-hybridized carbons (Fsp3) is 0.400. The second-order valence-corrected chi connectivity index (χ2v) is 7.63. The van der Waals surface area contributed by atoms with E-state index in [4.69, 9.17) is 15.6 Å². The van der Waals surface area contributed by atoms with Gasteiger partial charge in [0.15, 0.2) is 11.6 Å². The molecule has 0 aliphatic rings. The van der Waals surface area contributed by atoms with Crippen molar-refractivity contribution in [1.82, 2.24) is 5.32 Å². The number of hydrogen-bond donors (Lipinski definition) is 4. The molecule has 2 rings (SSSR count). The Morgan fingerprint density at radius 2 is 1.26 bits per heavy atom. The smallest absolute Gasteiger partial charge is 0.408 e. The number of halogens is 1. The van der Waals surface area contributed by atoms with Crippen molar-refractivity contribution in [1.29, 1.82) is 0 Å². The number of Topliss-reactive ketones (excluding diaryl/α,β-unsaturated/α-hetero) is 2. The average Bonchev–Trinajstić information content (AvgIpc) is 2.76. The van der Waals surface area contributed by atoms with E-state index >= 15 is 0 Å². The normalized spacial score (nSPS) is 11.5. The van der Waals surface area contributed by atoms with Gasteiger partial charge in [0.05, 0.1) is 19.3 Å². The van der Waals surface area contributed by atoms with Gasteiger partial charge in [0, 0.05) is 11.1 Å². The quantitative estimate of drug-likeness (QED) is 0.427. The maximum Gasteiger partial charge on any atom is 0.408 e. The Morgan fingerprint density at radius 1 is 0.853 bits per heavy atom. The predicted molar refractivity (Wildman–Crippen MR) is 138 cm³/mol. The van der Waals surface area contributed by atoms with Crippen molar-refractivity contribution in [2.75, 3.05) is 13.2 Å². The zero-order valence-corrected chi connectivity index (χ0v) is 19.2. The molecule has 0 heterocycles. The highest BCUT2D eigenvalue weighted by molar-refractivity contribution is 6.01. The molecule has 2 atom stereocenters. The Hall–Kier alpha value is -2.78. The van der Waals surface area contributed by atoms with E-state index in [1.54, 1.807) is 75.4 Å². The first-order chi connectivity index (χ1) is 14.6. The van der Waals surface area contributed by atoms with Crippen LogP contribution in [0.1, 0.15) is 56.3 Å². The van der Waals surface area contributed by atoms with E-state index in [2.05, 4.69) is 5.32 Å². The molecule has 2 aromatic carbocycles. The standard InChI is InChI=1S/C14H19NO4.C9H11NO2.2CH4.ClH/c1-14(2,3)19-13(18)15-11(9-16)12(17)10-7-5-4-6-8-10;10-8(6-11)9(12)7-4-2-1-3-5-7;;;/h4-8,11,16H,9H2,1-3H3,(H,15,18);1-5,8,11H,6,10H2;2*1H4;1H. The molecule has 0 radical (unpaired) electrons. The summed E-state index contributed by atoms with van der Waals surface area (Å²) >= 11 is 0. The molecule has 0 aliphatic heterocycles. The lowest BCUT2D eigenvalue weighted by atomic mass is 10.1. The van der Waals surface area contributed by atoms with E-state index in [0.717, 1.165) is 0 Å². The van der Waals surface area contributed by atoms with Gasteiger partial charge >= 0.3 is 6.09 Å². The topological polar surface area (TPSA) is 139 Å². The third-order valence-corrected chi connectivity index (χ3v) is 3.84. The van der Waals surface area contributed by atoms with Crippen LogP contribution < -0.4 is 11.1 Å². The number of carbonyl (C=O) groups excluding carboxylic acids is 3. The molecule has 0 bridgehead atoms. The number of rotatable bonds is 7. The lowest BCUT2D eigenvalue weighted by Crippen LogP contribution is -2.45. The van der Waals surface area contributed by atoms with Gasteiger partial charge in [-0.2, -0.15) is 0 Å². The Balaban J connectivity index is -0.000000562. The highest BCUT2D eigenvalue weighted by Gasteiger charge is 2.24. The number of benzene rings is 2. The molecule has 192 valence electrons. The van der Waals surface area contributed by atoms with E-state index < -0.39 is 30.4 Å². The van der Waals surface area contributed by atoms with Crippen LogP contribution in [-0.2, 0) is 4.74 Å². The van der Waals surface area contributed by atoms with Gasteiger partial charge in [-0.25, -0.2) is 4.79 Å². The van der Waals surface area contributed by atoms with Crippen molar-refractivity contribution in [2.24, 2.45) is 5.73 Å². The van der Waals surface area contributed by atoms with Crippen LogP contribution >= 0.6 is 12.4 Å². The summed E-state index contributed by atoms with van der Waals surface area (Å²) in [6.07, 6.45) is -0.726. The maximum atomic E-state index is 12.0. The summed E-state index contributed by atoms with van der Waals surface area (Å²) in [5, 5.41) is 20.2. The van der Waals surface area contributed by atoms with Gasteiger partial charge < -0.3 is 26.0 Å². The van der Waals surface area contributed by atoms with Crippen molar-refractivity contribution in [3.05, 3.63) is 71.8 Å². The molecule has 8 nitrogen and oxygen atoms in total. The molecule has 5 N–H and O–H groups in total. The first-order valence-corrected chi connectivity index (χ1v) is 9.74. The number of aliphatic hydroxyl groups is 2. The molecule has 2 unspecified atom stereocenters. The predicted octanol–water partition coefficient (Wildman–Crippen LogP) is 3.64. The summed E-state index contributed by atoms with van der Waals surface area (Å²) in [6, 6.07) is 15.4. The van der Waals surface area contributed by atoms with Crippen LogP contribution in [0.2, 0.25) is 0 Å². The molecule has 0 fully saturated rings. The van der Waals surface area contributed by atoms with E-state index in [0.29, 0.717) is 11.1 Å². The molecule has 0 saturated heterocycles. The van der Waals surface area contributed by atoms with Crippen LogP contribution in [0.25, 0.3) is 0 Å². The number of nitrogens with one attached hydrogen (secondary N) is 1. The van der Waals surface area contributed by atoms with Gasteiger partial charge in [0.1, 0.15) is 11.6 Å². The summed E-state index contributed by atoms with van der Waals surface area (Å²) < 4.78 is 5.04. The van der Waals surface area contributed by atoms with Crippen molar-refractivity contribution < 1.29 is 29.3 Å². The SMILES string of the molecule is C.C.CC(C)(C)OC(=O)NC(CO)C(=O)c1ccccc1.Cl.NC(CO)C(=O)c1ccccc1. The van der Waals surface area contributed by atoms with Gasteiger partial charge in [-0.1, -0.05) is 75.5 Å². The van der Waals surface area contributed by atoms with Gasteiger partial charge in [-0.05, 0) is 20.8 Å². The fourth-order valence-electron chi connectivity index (χ4n) is 2.35. The Morgan fingerprint density at radius 3 is 1.62 bits per heavy atom. The van der Waals surface area contributed by atoms with Crippen LogP contribution in [0.3, 0.4) is 0 Å². The number of ketones is 2. The van der Waals surface area contributed by atoms with Crippen molar-refractivity contribution in [3.8, 4) is 0 Å². The minimum Gasteiger partial charge on any atom is -0.444 e. The summed E-state index contributed by atoms with van der Waals surface area (Å²) in [4.78, 5) is 34.9. The van der Waals surface area contributed by atoms with Crippen molar-refractivity contribution >= 4 is 30.1 Å². The number of ether oxygens (including phenoxy) is 1. The summed E-state index contributed by atoms with van der Waals surface area (Å²) in [7, 11) is 0. The fourth-order valence-corrected chi connectivity index (χ4v) is 2.35. The molecule has 0 aromatic heterocycles. The molecule has 0 saturated carbocycles. The van der Waals surface area contributed by atoms with Gasteiger partial charge in [0.25, 0.3) is 0 Å². The zero-order chi connectivity index (χ0) is 23.4. The van der Waals surface area contributed by atoms with Crippen LogP contribution in [0.5, 0.6) is 0 Å². The summed E-state index contributed by atoms with van der Waals surface area (Å²) in [5.41, 5.74) is 5.67. The van der Waals surface area contributed by atoms with Gasteiger partial charge in [0.2, 0.25) is 0 Å². The molecular formula is C25H39ClN2O6. The van der Waals surface area contributed by atoms with Gasteiger partial charge in [-0.3, -0.25) is 9.59 Å². The molecule has 9 heteroatoms. The summed E-state index contributed by atoms with van der Waals surface area (Å²) in [5.74, 6) is -0.577. The lowest BCUT2D eigenvalue weighted by molar-refractivity contribution is 0.0467. The number of carbonyl (C=O) groups is 3. The zero-order valence-electron chi connectivity index (χ0n) is 18.4. The Bertz CT molecular complexity index is 841. The molecular weight excluding hydrogens is 460 g/mol. The first kappa shape index (κ1) is 35.8. The first-order valence-electron chi connectivity index (χ1n) is 9.74. The maximum absolute atomic E-state index is 12.0. The van der Waals surface area contributed by atoms with Crippen molar-refractivity contribution in [2.45, 2.75) is 53.3 Å². The monoisotopic (exact) mass is 498 g/mol. The molecule has 0 spiro atoms. The van der Waals surface area contributed by atoms with E-state index in [-0.39, 0.29) is 45.4 Å². The third kappa shape index (κ3) is 13.1. The van der Waals surface area contributed by atoms with Crippen LogP contribution in [0.15, 0.2) is 60.7 Å². The minimum atomic E-state index is -1.00. The Labute approximate surface area is 208 Å². The number of aliphatic hydroxyl groups excluding tert-OH is 2. The number of hydrogen-bond acceptors (Lipinski definition) is 7. The van der Waals surface area contributed by atoms with E-state index in [1.807, 2.05) is 6.07 Å². The third-order valence-electron chi connectivity index (χ3n) is 3.84. The molecule has 2 aromatic rings. The molecule has 34 heavy (non-hydrogen) atoms. The van der Waals surface area contributed by atoms with E-state index in [1.165, 1.54) is 0 Å². The van der Waals surface area contributed by atoms with Gasteiger partial charge in [-0.15, -0.1) is 12.4 Å². The second-order valence-electron chi connectivity index (χ2n) is 7.63. The summed E-state index contributed by atoms with van der Waals surface area (Å²) in [6.45, 7) is 4.37.